The van der Waals surface area contributed by atoms with Crippen LogP contribution in [0.15, 0.2) is 77.7 Å². The Labute approximate surface area is 235 Å². The Bertz CT molecular complexity index is 1400. The molecule has 0 saturated carbocycles. The van der Waals surface area contributed by atoms with Gasteiger partial charge in [0.05, 0.1) is 17.2 Å². The molecule has 3 aromatic rings. The number of hydrogen-bond acceptors (Lipinski definition) is 5. The van der Waals surface area contributed by atoms with Crippen LogP contribution in [0.1, 0.15) is 38.3 Å². The molecule has 0 aliphatic carbocycles. The summed E-state index contributed by atoms with van der Waals surface area (Å²) in [4.78, 5) is 28.1. The minimum absolute atomic E-state index is 0.0629. The highest BCUT2D eigenvalue weighted by Crippen LogP contribution is 2.26. The summed E-state index contributed by atoms with van der Waals surface area (Å²) in [6.45, 7) is 7.65. The van der Waals surface area contributed by atoms with E-state index in [9.17, 15) is 22.4 Å². The predicted octanol–water partition coefficient (Wildman–Crippen LogP) is 4.67. The number of halogens is 1. The van der Waals surface area contributed by atoms with Crippen LogP contribution in [0.25, 0.3) is 0 Å². The van der Waals surface area contributed by atoms with Gasteiger partial charge in [-0.3, -0.25) is 13.9 Å². The van der Waals surface area contributed by atoms with E-state index in [-0.39, 0.29) is 23.0 Å². The number of aryl methyl sites for hydroxylation is 1. The standard InChI is InChI=1S/C30H36FN3O5S/c1-5-18-32-30(36)23(4)33(20-24-9-7-8-22(3)19-24)29(35)21-34(26-12-10-25(31)11-13-26)40(37,38)28-16-14-27(15-17-28)39-6-2/h7-17,19,23H,5-6,18,20-21H2,1-4H3,(H,32,36)/t23-/m0/s1. The average Bonchev–Trinajstić information content (AvgIpc) is 2.94. The Kier molecular flexibility index (Phi) is 10.7. The number of hydrogen-bond donors (Lipinski definition) is 1. The van der Waals surface area contributed by atoms with Gasteiger partial charge in [-0.15, -0.1) is 0 Å². The summed E-state index contributed by atoms with van der Waals surface area (Å²) in [5.41, 5.74) is 1.90. The molecule has 214 valence electrons. The number of nitrogens with one attached hydrogen (secondary N) is 1. The summed E-state index contributed by atoms with van der Waals surface area (Å²) < 4.78 is 47.8. The third-order valence-electron chi connectivity index (χ3n) is 6.27. The van der Waals surface area contributed by atoms with Gasteiger partial charge in [0.15, 0.2) is 0 Å². The van der Waals surface area contributed by atoms with Crippen molar-refractivity contribution in [2.45, 2.75) is 51.6 Å². The number of rotatable bonds is 13. The molecule has 0 heterocycles. The third-order valence-corrected chi connectivity index (χ3v) is 8.06. The molecular weight excluding hydrogens is 533 g/mol. The maximum Gasteiger partial charge on any atom is 0.264 e. The molecule has 0 fully saturated rings. The zero-order valence-corrected chi connectivity index (χ0v) is 24.1. The van der Waals surface area contributed by atoms with Crippen LogP contribution in [-0.4, -0.2) is 50.9 Å². The second-order valence-corrected chi connectivity index (χ2v) is 11.2. The van der Waals surface area contributed by atoms with Crippen molar-refractivity contribution in [2.75, 3.05) is 24.0 Å². The molecule has 0 aromatic heterocycles. The number of anilines is 1. The van der Waals surface area contributed by atoms with Gasteiger partial charge < -0.3 is 15.0 Å². The van der Waals surface area contributed by atoms with Crippen LogP contribution in [0.2, 0.25) is 0 Å². The summed E-state index contributed by atoms with van der Waals surface area (Å²) in [6.07, 6.45) is 0.725. The van der Waals surface area contributed by atoms with Crippen molar-refractivity contribution in [1.82, 2.24) is 10.2 Å². The van der Waals surface area contributed by atoms with Crippen molar-refractivity contribution in [2.24, 2.45) is 0 Å². The molecule has 0 unspecified atom stereocenters. The lowest BCUT2D eigenvalue weighted by atomic mass is 10.1. The Morgan fingerprint density at radius 1 is 1.00 bits per heavy atom. The molecular formula is C30H36FN3O5S. The number of sulfonamides is 1. The maximum atomic E-state index is 13.9. The molecule has 8 nitrogen and oxygen atoms in total. The van der Waals surface area contributed by atoms with E-state index in [0.717, 1.165) is 34.0 Å². The van der Waals surface area contributed by atoms with Gasteiger partial charge in [-0.2, -0.15) is 0 Å². The molecule has 0 spiro atoms. The van der Waals surface area contributed by atoms with Crippen LogP contribution in [0, 0.1) is 12.7 Å². The average molecular weight is 570 g/mol. The highest BCUT2D eigenvalue weighted by Gasteiger charge is 2.32. The van der Waals surface area contributed by atoms with Crippen LogP contribution in [0.3, 0.4) is 0 Å². The number of carbonyl (C=O) groups excluding carboxylic acids is 2. The predicted molar refractivity (Wildman–Crippen MR) is 153 cm³/mol. The Balaban J connectivity index is 2.01. The highest BCUT2D eigenvalue weighted by atomic mass is 32.2. The van der Waals surface area contributed by atoms with E-state index in [2.05, 4.69) is 5.32 Å². The summed E-state index contributed by atoms with van der Waals surface area (Å²) >= 11 is 0. The van der Waals surface area contributed by atoms with Crippen molar-refractivity contribution in [3.05, 3.63) is 89.7 Å². The third kappa shape index (κ3) is 7.81. The van der Waals surface area contributed by atoms with E-state index >= 15 is 0 Å². The van der Waals surface area contributed by atoms with E-state index in [1.807, 2.05) is 45.0 Å². The van der Waals surface area contributed by atoms with Gasteiger partial charge in [0.2, 0.25) is 11.8 Å². The minimum atomic E-state index is -4.26. The summed E-state index contributed by atoms with van der Waals surface area (Å²) in [5.74, 6) is -0.970. The zero-order chi connectivity index (χ0) is 29.3. The van der Waals surface area contributed by atoms with Crippen molar-refractivity contribution >= 4 is 27.5 Å². The van der Waals surface area contributed by atoms with E-state index in [1.165, 1.54) is 41.3 Å². The van der Waals surface area contributed by atoms with Gasteiger partial charge in [0.1, 0.15) is 24.2 Å². The molecule has 0 aliphatic heterocycles. The molecule has 2 amide bonds. The van der Waals surface area contributed by atoms with Crippen LogP contribution >= 0.6 is 0 Å². The second kappa shape index (κ2) is 13.9. The van der Waals surface area contributed by atoms with Crippen molar-refractivity contribution in [3.63, 3.8) is 0 Å². The normalized spacial score (nSPS) is 11.9. The number of carbonyl (C=O) groups is 2. The fourth-order valence-corrected chi connectivity index (χ4v) is 5.54. The first-order chi connectivity index (χ1) is 19.1. The Morgan fingerprint density at radius 2 is 1.68 bits per heavy atom. The van der Waals surface area contributed by atoms with Crippen LogP contribution in [-0.2, 0) is 26.2 Å². The Morgan fingerprint density at radius 3 is 2.27 bits per heavy atom. The minimum Gasteiger partial charge on any atom is -0.494 e. The van der Waals surface area contributed by atoms with E-state index in [4.69, 9.17) is 4.74 Å². The number of benzene rings is 3. The molecule has 1 N–H and O–H groups in total. The van der Waals surface area contributed by atoms with Gasteiger partial charge >= 0.3 is 0 Å². The molecule has 0 radical (unpaired) electrons. The lowest BCUT2D eigenvalue weighted by Crippen LogP contribution is -2.51. The molecule has 40 heavy (non-hydrogen) atoms. The summed E-state index contributed by atoms with van der Waals surface area (Å²) in [7, 11) is -4.26. The Hall–Kier alpha value is -3.92. The summed E-state index contributed by atoms with van der Waals surface area (Å²) in [5, 5.41) is 2.81. The van der Waals surface area contributed by atoms with Gasteiger partial charge in [-0.05, 0) is 81.3 Å². The highest BCUT2D eigenvalue weighted by molar-refractivity contribution is 7.92. The number of nitrogens with zero attached hydrogens (tertiary/aromatic N) is 2. The molecule has 0 saturated heterocycles. The fourth-order valence-electron chi connectivity index (χ4n) is 4.12. The molecule has 3 rings (SSSR count). The van der Waals surface area contributed by atoms with E-state index in [0.29, 0.717) is 18.9 Å². The quantitative estimate of drug-likeness (QED) is 0.323. The van der Waals surface area contributed by atoms with Crippen molar-refractivity contribution in [3.8, 4) is 5.75 Å². The van der Waals surface area contributed by atoms with Gasteiger partial charge in [-0.1, -0.05) is 36.8 Å². The lowest BCUT2D eigenvalue weighted by Gasteiger charge is -2.32. The monoisotopic (exact) mass is 569 g/mol. The molecule has 10 heteroatoms. The topological polar surface area (TPSA) is 96.0 Å². The van der Waals surface area contributed by atoms with E-state index < -0.39 is 34.3 Å². The zero-order valence-electron chi connectivity index (χ0n) is 23.3. The lowest BCUT2D eigenvalue weighted by molar-refractivity contribution is -0.139. The van der Waals surface area contributed by atoms with Crippen LogP contribution in [0.5, 0.6) is 5.75 Å². The van der Waals surface area contributed by atoms with Gasteiger partial charge in [-0.25, -0.2) is 12.8 Å². The van der Waals surface area contributed by atoms with E-state index in [1.54, 1.807) is 6.92 Å². The van der Waals surface area contributed by atoms with Crippen LogP contribution in [0.4, 0.5) is 10.1 Å². The largest absolute Gasteiger partial charge is 0.494 e. The summed E-state index contributed by atoms with van der Waals surface area (Å²) in [6, 6.07) is 17.4. The molecule has 1 atom stereocenters. The number of ether oxygens (including phenoxy) is 1. The first-order valence-corrected chi connectivity index (χ1v) is 14.6. The van der Waals surface area contributed by atoms with Gasteiger partial charge in [0, 0.05) is 13.1 Å². The first kappa shape index (κ1) is 30.6. The molecule has 3 aromatic carbocycles. The molecule has 0 aliphatic rings. The van der Waals surface area contributed by atoms with Crippen molar-refractivity contribution < 1.29 is 27.1 Å². The fraction of sp³-hybridized carbons (Fsp3) is 0.333. The number of amides is 2. The second-order valence-electron chi connectivity index (χ2n) is 9.37. The first-order valence-electron chi connectivity index (χ1n) is 13.2. The van der Waals surface area contributed by atoms with Gasteiger partial charge in [0.25, 0.3) is 10.0 Å². The smallest absolute Gasteiger partial charge is 0.264 e. The SMILES string of the molecule is CCCNC(=O)[C@H](C)N(Cc1cccc(C)c1)C(=O)CN(c1ccc(F)cc1)S(=O)(=O)c1ccc(OCC)cc1. The maximum absolute atomic E-state index is 13.9. The van der Waals surface area contributed by atoms with Crippen molar-refractivity contribution in [1.29, 1.82) is 0 Å². The molecule has 0 bridgehead atoms. The van der Waals surface area contributed by atoms with Crippen LogP contribution < -0.4 is 14.4 Å².